The average Bonchev–Trinajstić information content (AvgIpc) is 2.69. The second-order valence-electron chi connectivity index (χ2n) is 4.20. The maximum absolute atomic E-state index is 12.8. The van der Waals surface area contributed by atoms with Gasteiger partial charge in [-0.2, -0.15) is 18.3 Å². The number of Topliss-reactive ketones (excluding diaryl/α,β-unsaturated/α-hetero) is 1. The topological polar surface area (TPSA) is 62.8 Å². The van der Waals surface area contributed by atoms with Crippen LogP contribution in [0.4, 0.5) is 13.2 Å². The number of alkyl halides is 3. The zero-order chi connectivity index (χ0) is 13.5. The number of carbonyl (C=O) groups is 1. The minimum Gasteiger partial charge on any atom is -0.299 e. The third-order valence-electron chi connectivity index (χ3n) is 3.15. The summed E-state index contributed by atoms with van der Waals surface area (Å²) in [7, 11) is 0. The van der Waals surface area contributed by atoms with Crippen LogP contribution in [0.5, 0.6) is 0 Å². The van der Waals surface area contributed by atoms with Gasteiger partial charge in [-0.1, -0.05) is 6.92 Å². The number of ketones is 1. The lowest BCUT2D eigenvalue weighted by Gasteiger charge is -2.11. The van der Waals surface area contributed by atoms with Crippen LogP contribution >= 0.6 is 0 Å². The molecule has 1 unspecified atom stereocenters. The van der Waals surface area contributed by atoms with E-state index in [9.17, 15) is 22.8 Å². The number of H-pyrrole nitrogens is 1. The summed E-state index contributed by atoms with van der Waals surface area (Å²) in [4.78, 5) is 22.9. The monoisotopic (exact) mass is 260 g/mol. The molecule has 0 spiro atoms. The van der Waals surface area contributed by atoms with Gasteiger partial charge in [-0.3, -0.25) is 9.59 Å². The summed E-state index contributed by atoms with van der Waals surface area (Å²) in [6, 6.07) is 0. The third-order valence-corrected chi connectivity index (χ3v) is 3.15. The largest absolute Gasteiger partial charge is 0.422 e. The molecule has 0 saturated carbocycles. The summed E-state index contributed by atoms with van der Waals surface area (Å²) in [5.74, 6) is -0.774. The molecule has 1 N–H and O–H groups in total. The van der Waals surface area contributed by atoms with Gasteiger partial charge in [-0.15, -0.1) is 0 Å². The SMILES string of the molecule is CCC(=O)C1CCc2c1n[nH]c(=O)c2C(F)(F)F. The van der Waals surface area contributed by atoms with E-state index in [1.165, 1.54) is 0 Å². The van der Waals surface area contributed by atoms with Crippen LogP contribution < -0.4 is 5.56 Å². The molecule has 4 nitrogen and oxygen atoms in total. The number of hydrogen-bond acceptors (Lipinski definition) is 3. The summed E-state index contributed by atoms with van der Waals surface area (Å²) in [5.41, 5.74) is -2.50. The fourth-order valence-corrected chi connectivity index (χ4v) is 2.33. The van der Waals surface area contributed by atoms with Gasteiger partial charge in [0.05, 0.1) is 11.6 Å². The Balaban J connectivity index is 2.59. The maximum atomic E-state index is 12.8. The Morgan fingerprint density at radius 2 is 2.17 bits per heavy atom. The normalized spacial score (nSPS) is 18.8. The van der Waals surface area contributed by atoms with Crippen molar-refractivity contribution in [3.63, 3.8) is 0 Å². The van der Waals surface area contributed by atoms with Crippen molar-refractivity contribution in [2.45, 2.75) is 38.3 Å². The number of halogens is 3. The van der Waals surface area contributed by atoms with Crippen molar-refractivity contribution in [3.8, 4) is 0 Å². The molecule has 0 radical (unpaired) electrons. The van der Waals surface area contributed by atoms with Gasteiger partial charge in [-0.25, -0.2) is 5.10 Å². The van der Waals surface area contributed by atoms with Gasteiger partial charge in [-0.05, 0) is 18.4 Å². The number of nitrogens with zero attached hydrogens (tertiary/aromatic N) is 1. The number of carbonyl (C=O) groups excluding carboxylic acids is 1. The summed E-state index contributed by atoms with van der Waals surface area (Å²) < 4.78 is 38.3. The molecule has 1 aliphatic rings. The van der Waals surface area contributed by atoms with Gasteiger partial charge in [0.2, 0.25) is 0 Å². The first-order valence-electron chi connectivity index (χ1n) is 5.57. The lowest BCUT2D eigenvalue weighted by Crippen LogP contribution is -2.26. The highest BCUT2D eigenvalue weighted by Crippen LogP contribution is 2.38. The van der Waals surface area contributed by atoms with E-state index in [-0.39, 0.29) is 36.3 Å². The van der Waals surface area contributed by atoms with Crippen molar-refractivity contribution < 1.29 is 18.0 Å². The van der Waals surface area contributed by atoms with Gasteiger partial charge in [0, 0.05) is 6.42 Å². The van der Waals surface area contributed by atoms with Crippen LogP contribution in [0.2, 0.25) is 0 Å². The number of aromatic amines is 1. The van der Waals surface area contributed by atoms with E-state index < -0.39 is 23.2 Å². The minimum atomic E-state index is -4.72. The molecule has 98 valence electrons. The van der Waals surface area contributed by atoms with E-state index in [1.54, 1.807) is 6.92 Å². The first-order chi connectivity index (χ1) is 8.36. The molecule has 18 heavy (non-hydrogen) atoms. The number of aromatic nitrogens is 2. The molecule has 2 rings (SSSR count). The zero-order valence-corrected chi connectivity index (χ0v) is 9.60. The highest BCUT2D eigenvalue weighted by atomic mass is 19.4. The van der Waals surface area contributed by atoms with Crippen molar-refractivity contribution in [2.75, 3.05) is 0 Å². The van der Waals surface area contributed by atoms with Crippen LogP contribution in [0.3, 0.4) is 0 Å². The predicted molar refractivity (Wildman–Crippen MR) is 56.2 cm³/mol. The van der Waals surface area contributed by atoms with Crippen molar-refractivity contribution in [3.05, 3.63) is 27.2 Å². The van der Waals surface area contributed by atoms with Gasteiger partial charge < -0.3 is 0 Å². The Kier molecular flexibility index (Phi) is 3.00. The molecule has 0 amide bonds. The molecule has 1 aliphatic carbocycles. The fourth-order valence-electron chi connectivity index (χ4n) is 2.33. The van der Waals surface area contributed by atoms with Crippen LogP contribution in [0, 0.1) is 0 Å². The second kappa shape index (κ2) is 4.22. The smallest absolute Gasteiger partial charge is 0.299 e. The lowest BCUT2D eigenvalue weighted by atomic mass is 9.99. The van der Waals surface area contributed by atoms with Crippen molar-refractivity contribution in [2.24, 2.45) is 0 Å². The molecule has 1 atom stereocenters. The summed E-state index contributed by atoms with van der Waals surface area (Å²) in [6.45, 7) is 1.65. The van der Waals surface area contributed by atoms with Crippen molar-refractivity contribution in [1.82, 2.24) is 10.2 Å². The predicted octanol–water partition coefficient (Wildman–Crippen LogP) is 1.80. The van der Waals surface area contributed by atoms with Crippen LogP contribution in [-0.4, -0.2) is 16.0 Å². The molecule has 0 aromatic carbocycles. The molecular formula is C11H11F3N2O2. The average molecular weight is 260 g/mol. The van der Waals surface area contributed by atoms with E-state index in [4.69, 9.17) is 0 Å². The van der Waals surface area contributed by atoms with Gasteiger partial charge >= 0.3 is 6.18 Å². The van der Waals surface area contributed by atoms with Gasteiger partial charge in [0.1, 0.15) is 11.3 Å². The Hall–Kier alpha value is -1.66. The zero-order valence-electron chi connectivity index (χ0n) is 9.60. The Morgan fingerprint density at radius 1 is 1.50 bits per heavy atom. The van der Waals surface area contributed by atoms with Gasteiger partial charge in [0.15, 0.2) is 0 Å². The van der Waals surface area contributed by atoms with Crippen LogP contribution in [-0.2, 0) is 17.4 Å². The minimum absolute atomic E-state index is 0.0670. The van der Waals surface area contributed by atoms with E-state index in [2.05, 4.69) is 5.10 Å². The van der Waals surface area contributed by atoms with E-state index in [0.29, 0.717) is 0 Å². The molecule has 0 bridgehead atoms. The summed E-state index contributed by atoms with van der Waals surface area (Å²) in [6.07, 6.45) is -4.12. The quantitative estimate of drug-likeness (QED) is 0.881. The van der Waals surface area contributed by atoms with Crippen molar-refractivity contribution >= 4 is 5.78 Å². The number of rotatable bonds is 2. The van der Waals surface area contributed by atoms with Crippen molar-refractivity contribution in [1.29, 1.82) is 0 Å². The van der Waals surface area contributed by atoms with E-state index in [0.717, 1.165) is 0 Å². The first kappa shape index (κ1) is 12.8. The van der Waals surface area contributed by atoms with E-state index >= 15 is 0 Å². The van der Waals surface area contributed by atoms with Crippen LogP contribution in [0.25, 0.3) is 0 Å². The molecule has 1 heterocycles. The Labute approximate surface area is 100 Å². The second-order valence-corrected chi connectivity index (χ2v) is 4.20. The fraction of sp³-hybridized carbons (Fsp3) is 0.545. The highest BCUT2D eigenvalue weighted by molar-refractivity contribution is 5.86. The standard InChI is InChI=1S/C11H11F3N2O2/c1-2-7(17)5-3-4-6-8(11(12,13)14)10(18)16-15-9(5)6/h5H,2-4H2,1H3,(H,16,18). The molecule has 1 aromatic rings. The molecule has 7 heteroatoms. The first-order valence-corrected chi connectivity index (χ1v) is 5.57. The van der Waals surface area contributed by atoms with Gasteiger partial charge in [0.25, 0.3) is 5.56 Å². The van der Waals surface area contributed by atoms with Crippen LogP contribution in [0.15, 0.2) is 4.79 Å². The highest BCUT2D eigenvalue weighted by Gasteiger charge is 2.42. The lowest BCUT2D eigenvalue weighted by molar-refractivity contribution is -0.139. The third kappa shape index (κ3) is 1.93. The van der Waals surface area contributed by atoms with Crippen LogP contribution in [0.1, 0.15) is 42.5 Å². The summed E-state index contributed by atoms with van der Waals surface area (Å²) >= 11 is 0. The molecule has 0 saturated heterocycles. The van der Waals surface area contributed by atoms with E-state index in [1.807, 2.05) is 5.10 Å². The number of nitrogens with one attached hydrogen (secondary N) is 1. The number of hydrogen-bond donors (Lipinski definition) is 1. The Morgan fingerprint density at radius 3 is 2.72 bits per heavy atom. The maximum Gasteiger partial charge on any atom is 0.422 e. The summed E-state index contributed by atoms with van der Waals surface area (Å²) in [5, 5.41) is 5.46. The molecular weight excluding hydrogens is 249 g/mol. The number of fused-ring (bicyclic) bond motifs is 1. The molecule has 0 aliphatic heterocycles. The molecule has 0 fully saturated rings. The Bertz CT molecular complexity index is 548. The molecule has 1 aromatic heterocycles.